The summed E-state index contributed by atoms with van der Waals surface area (Å²) in [4.78, 5) is 26.4. The normalized spacial score (nSPS) is 17.9. The van der Waals surface area contributed by atoms with Crippen LogP contribution in [0.1, 0.15) is 18.9 Å². The Labute approximate surface area is 118 Å². The first-order valence-corrected chi connectivity index (χ1v) is 6.79. The Morgan fingerprint density at radius 1 is 1.35 bits per heavy atom. The third-order valence-electron chi connectivity index (χ3n) is 3.60. The molecule has 2 rings (SSSR count). The summed E-state index contributed by atoms with van der Waals surface area (Å²) in [7, 11) is 1.65. The molecule has 1 atom stereocenters. The van der Waals surface area contributed by atoms with E-state index in [2.05, 4.69) is 0 Å². The minimum Gasteiger partial charge on any atom is -0.480 e. The molecule has 1 aromatic rings. The van der Waals surface area contributed by atoms with Crippen molar-refractivity contribution in [1.82, 2.24) is 4.90 Å². The summed E-state index contributed by atoms with van der Waals surface area (Å²) in [5.41, 5.74) is 2.14. The van der Waals surface area contributed by atoms with Gasteiger partial charge in [-0.15, -0.1) is 0 Å². The summed E-state index contributed by atoms with van der Waals surface area (Å²) >= 11 is 0. The Hall–Kier alpha value is -1.88. The number of para-hydroxylation sites is 1. The van der Waals surface area contributed by atoms with E-state index in [1.54, 1.807) is 11.9 Å². The van der Waals surface area contributed by atoms with E-state index in [-0.39, 0.29) is 25.0 Å². The molecular formula is C15H20N2O3. The van der Waals surface area contributed by atoms with E-state index < -0.39 is 5.97 Å². The van der Waals surface area contributed by atoms with Crippen LogP contribution in [0.2, 0.25) is 0 Å². The van der Waals surface area contributed by atoms with Gasteiger partial charge >= 0.3 is 5.97 Å². The van der Waals surface area contributed by atoms with Gasteiger partial charge in [-0.05, 0) is 38.4 Å². The molecule has 0 saturated carbocycles. The van der Waals surface area contributed by atoms with Crippen LogP contribution in [0.25, 0.3) is 0 Å². The molecule has 0 fully saturated rings. The molecule has 1 unspecified atom stereocenters. The Morgan fingerprint density at radius 3 is 2.75 bits per heavy atom. The Morgan fingerprint density at radius 2 is 2.05 bits per heavy atom. The molecule has 1 heterocycles. The largest absolute Gasteiger partial charge is 0.480 e. The molecule has 0 aliphatic carbocycles. The minimum atomic E-state index is -0.924. The number of hydrogen-bond acceptors (Lipinski definition) is 3. The highest BCUT2D eigenvalue weighted by Gasteiger charge is 2.28. The van der Waals surface area contributed by atoms with Crippen LogP contribution < -0.4 is 4.90 Å². The lowest BCUT2D eigenvalue weighted by Gasteiger charge is -2.36. The number of carbonyl (C=O) groups excluding carboxylic acids is 1. The fourth-order valence-electron chi connectivity index (χ4n) is 2.66. The van der Waals surface area contributed by atoms with Gasteiger partial charge < -0.3 is 10.0 Å². The first kappa shape index (κ1) is 14.5. The molecule has 0 bridgehead atoms. The van der Waals surface area contributed by atoms with Crippen LogP contribution in [0.3, 0.4) is 0 Å². The van der Waals surface area contributed by atoms with Crippen molar-refractivity contribution < 1.29 is 14.7 Å². The quantitative estimate of drug-likeness (QED) is 0.902. The van der Waals surface area contributed by atoms with Crippen molar-refractivity contribution in [2.45, 2.75) is 25.8 Å². The van der Waals surface area contributed by atoms with Gasteiger partial charge in [0.25, 0.3) is 0 Å². The van der Waals surface area contributed by atoms with Crippen molar-refractivity contribution in [3.63, 3.8) is 0 Å². The van der Waals surface area contributed by atoms with E-state index >= 15 is 0 Å². The summed E-state index contributed by atoms with van der Waals surface area (Å²) in [6.07, 6.45) is 1.91. The van der Waals surface area contributed by atoms with Gasteiger partial charge in [-0.2, -0.15) is 0 Å². The first-order valence-electron chi connectivity index (χ1n) is 6.79. The predicted molar refractivity (Wildman–Crippen MR) is 76.8 cm³/mol. The summed E-state index contributed by atoms with van der Waals surface area (Å²) in [5, 5.41) is 8.75. The molecule has 0 radical (unpaired) electrons. The van der Waals surface area contributed by atoms with Crippen molar-refractivity contribution in [2.24, 2.45) is 0 Å². The van der Waals surface area contributed by atoms with Gasteiger partial charge in [0.15, 0.2) is 0 Å². The third-order valence-corrected chi connectivity index (χ3v) is 3.60. The van der Waals surface area contributed by atoms with Gasteiger partial charge in [-0.1, -0.05) is 18.2 Å². The molecule has 1 aliphatic rings. The van der Waals surface area contributed by atoms with Gasteiger partial charge in [-0.25, -0.2) is 0 Å². The van der Waals surface area contributed by atoms with Crippen LogP contribution in [0.4, 0.5) is 5.69 Å². The van der Waals surface area contributed by atoms with Gasteiger partial charge in [0.1, 0.15) is 0 Å². The maximum atomic E-state index is 12.5. The highest BCUT2D eigenvalue weighted by Crippen LogP contribution is 2.30. The second kappa shape index (κ2) is 6.05. The molecule has 0 saturated heterocycles. The maximum absolute atomic E-state index is 12.5. The number of aliphatic carboxylic acids is 1. The lowest BCUT2D eigenvalue weighted by Crippen LogP contribution is -2.47. The number of anilines is 1. The van der Waals surface area contributed by atoms with Crippen LogP contribution in [-0.4, -0.2) is 48.1 Å². The summed E-state index contributed by atoms with van der Waals surface area (Å²) in [5.74, 6) is -0.971. The number of aryl methyl sites for hydroxylation is 1. The molecule has 20 heavy (non-hydrogen) atoms. The molecular weight excluding hydrogens is 256 g/mol. The zero-order valence-electron chi connectivity index (χ0n) is 11.9. The number of fused-ring (bicyclic) bond motifs is 1. The lowest BCUT2D eigenvalue weighted by molar-refractivity contribution is -0.138. The number of hydrogen-bond donors (Lipinski definition) is 1. The maximum Gasteiger partial charge on any atom is 0.317 e. The number of nitrogens with zero attached hydrogens (tertiary/aromatic N) is 2. The first-order chi connectivity index (χ1) is 9.49. The Bertz CT molecular complexity index is 516. The summed E-state index contributed by atoms with van der Waals surface area (Å²) < 4.78 is 0. The van der Waals surface area contributed by atoms with Gasteiger partial charge in [0.2, 0.25) is 5.91 Å². The minimum absolute atomic E-state index is 0.0478. The van der Waals surface area contributed by atoms with Crippen LogP contribution in [0.5, 0.6) is 0 Å². The summed E-state index contributed by atoms with van der Waals surface area (Å²) in [6, 6.07) is 8.06. The molecule has 5 nitrogen and oxygen atoms in total. The molecule has 0 spiro atoms. The summed E-state index contributed by atoms with van der Waals surface area (Å²) in [6.45, 7) is 2.02. The van der Waals surface area contributed by atoms with E-state index in [0.29, 0.717) is 0 Å². The number of benzene rings is 1. The van der Waals surface area contributed by atoms with Crippen LogP contribution in [-0.2, 0) is 16.0 Å². The standard InChI is InChI=1S/C15H20N2O3/c1-11-7-8-12-5-3-4-6-13(12)17(11)14(18)9-16(2)10-15(19)20/h3-6,11H,7-10H2,1-2H3,(H,19,20). The topological polar surface area (TPSA) is 60.9 Å². The molecule has 0 aromatic heterocycles. The van der Waals surface area contributed by atoms with Gasteiger partial charge in [0.05, 0.1) is 13.1 Å². The average Bonchev–Trinajstić information content (AvgIpc) is 2.37. The van der Waals surface area contributed by atoms with Gasteiger partial charge in [-0.3, -0.25) is 14.5 Å². The highest BCUT2D eigenvalue weighted by molar-refractivity contribution is 5.96. The molecule has 5 heteroatoms. The van der Waals surface area contributed by atoms with Crippen molar-refractivity contribution in [1.29, 1.82) is 0 Å². The van der Waals surface area contributed by atoms with E-state index in [1.165, 1.54) is 10.5 Å². The zero-order valence-corrected chi connectivity index (χ0v) is 11.9. The zero-order chi connectivity index (χ0) is 14.7. The van der Waals surface area contributed by atoms with E-state index in [9.17, 15) is 9.59 Å². The Kier molecular flexibility index (Phi) is 4.39. The van der Waals surface area contributed by atoms with Crippen molar-refractivity contribution in [3.05, 3.63) is 29.8 Å². The van der Waals surface area contributed by atoms with E-state index in [0.717, 1.165) is 18.5 Å². The van der Waals surface area contributed by atoms with Crippen LogP contribution in [0.15, 0.2) is 24.3 Å². The molecule has 108 valence electrons. The number of carboxylic acids is 1. The van der Waals surface area contributed by atoms with Crippen LogP contribution >= 0.6 is 0 Å². The number of rotatable bonds is 4. The third kappa shape index (κ3) is 3.17. The number of carboxylic acid groups (broad SMARTS) is 1. The monoisotopic (exact) mass is 276 g/mol. The fourth-order valence-corrected chi connectivity index (χ4v) is 2.66. The van der Waals surface area contributed by atoms with Crippen molar-refractivity contribution >= 4 is 17.6 Å². The Balaban J connectivity index is 2.14. The second-order valence-corrected chi connectivity index (χ2v) is 5.35. The van der Waals surface area contributed by atoms with E-state index in [4.69, 9.17) is 5.11 Å². The average molecular weight is 276 g/mol. The van der Waals surface area contributed by atoms with Gasteiger partial charge in [0, 0.05) is 11.7 Å². The highest BCUT2D eigenvalue weighted by atomic mass is 16.4. The van der Waals surface area contributed by atoms with Crippen molar-refractivity contribution in [2.75, 3.05) is 25.0 Å². The smallest absolute Gasteiger partial charge is 0.317 e. The molecule has 1 N–H and O–H groups in total. The van der Waals surface area contributed by atoms with Crippen LogP contribution in [0, 0.1) is 0 Å². The number of amides is 1. The van der Waals surface area contributed by atoms with E-state index in [1.807, 2.05) is 31.2 Å². The van der Waals surface area contributed by atoms with Crippen molar-refractivity contribution in [3.8, 4) is 0 Å². The fraction of sp³-hybridized carbons (Fsp3) is 0.467. The predicted octanol–water partition coefficient (Wildman–Crippen LogP) is 1.37. The SMILES string of the molecule is CC1CCc2ccccc2N1C(=O)CN(C)CC(=O)O. The second-order valence-electron chi connectivity index (χ2n) is 5.35. The number of carbonyl (C=O) groups is 2. The lowest BCUT2D eigenvalue weighted by atomic mass is 9.96. The molecule has 1 amide bonds. The molecule has 1 aromatic carbocycles. The number of likely N-dealkylation sites (N-methyl/N-ethyl adjacent to an activating group) is 1. The molecule has 1 aliphatic heterocycles.